The minimum atomic E-state index is -0.253. The van der Waals surface area contributed by atoms with Gasteiger partial charge in [-0.05, 0) is 47.2 Å². The third-order valence-corrected chi connectivity index (χ3v) is 5.73. The Kier molecular flexibility index (Phi) is 10.0. The Labute approximate surface area is 192 Å². The molecular formula is C29H34O3. The van der Waals surface area contributed by atoms with Crippen LogP contribution in [0.2, 0.25) is 0 Å². The topological polar surface area (TPSA) is 46.5 Å². The van der Waals surface area contributed by atoms with E-state index in [0.717, 1.165) is 36.8 Å². The summed E-state index contributed by atoms with van der Waals surface area (Å²) in [6, 6.07) is 26.4. The van der Waals surface area contributed by atoms with Gasteiger partial charge in [-0.25, -0.2) is 4.79 Å². The van der Waals surface area contributed by atoms with Crippen LogP contribution in [0.15, 0.2) is 78.9 Å². The number of aliphatic hydroxyl groups is 1. The van der Waals surface area contributed by atoms with Crippen molar-refractivity contribution in [2.45, 2.75) is 51.4 Å². The van der Waals surface area contributed by atoms with Crippen LogP contribution in [-0.2, 0) is 4.74 Å². The Morgan fingerprint density at radius 1 is 0.594 bits per heavy atom. The first-order chi connectivity index (χ1) is 15.8. The van der Waals surface area contributed by atoms with Gasteiger partial charge in [0.05, 0.1) is 12.2 Å². The molecule has 0 spiro atoms. The largest absolute Gasteiger partial charge is 0.462 e. The molecule has 0 radical (unpaired) electrons. The van der Waals surface area contributed by atoms with Crippen molar-refractivity contribution in [2.75, 3.05) is 13.2 Å². The number of benzene rings is 3. The monoisotopic (exact) mass is 430 g/mol. The molecule has 168 valence electrons. The molecule has 1 N–H and O–H groups in total. The van der Waals surface area contributed by atoms with Gasteiger partial charge >= 0.3 is 5.97 Å². The number of hydrogen-bond acceptors (Lipinski definition) is 3. The molecule has 0 saturated carbocycles. The van der Waals surface area contributed by atoms with Gasteiger partial charge in [-0.3, -0.25) is 0 Å². The molecule has 0 fully saturated rings. The number of hydrogen-bond donors (Lipinski definition) is 1. The first-order valence-electron chi connectivity index (χ1n) is 11.8. The van der Waals surface area contributed by atoms with E-state index in [9.17, 15) is 4.79 Å². The maximum Gasteiger partial charge on any atom is 0.338 e. The minimum absolute atomic E-state index is 0.253. The second-order valence-corrected chi connectivity index (χ2v) is 8.18. The van der Waals surface area contributed by atoms with Crippen molar-refractivity contribution in [3.05, 3.63) is 84.4 Å². The number of aliphatic hydroxyl groups excluding tert-OH is 1. The van der Waals surface area contributed by atoms with Gasteiger partial charge in [0.25, 0.3) is 0 Å². The Morgan fingerprint density at radius 3 is 1.69 bits per heavy atom. The molecule has 0 aliphatic carbocycles. The fraction of sp³-hybridized carbons (Fsp3) is 0.345. The molecule has 0 aliphatic rings. The molecule has 3 aromatic carbocycles. The van der Waals surface area contributed by atoms with E-state index in [1.807, 2.05) is 48.5 Å². The Morgan fingerprint density at radius 2 is 1.09 bits per heavy atom. The van der Waals surface area contributed by atoms with Crippen LogP contribution < -0.4 is 0 Å². The number of carbonyl (C=O) groups is 1. The second-order valence-electron chi connectivity index (χ2n) is 8.18. The van der Waals surface area contributed by atoms with Gasteiger partial charge in [-0.1, -0.05) is 105 Å². The highest BCUT2D eigenvalue weighted by atomic mass is 16.5. The average molecular weight is 431 g/mol. The van der Waals surface area contributed by atoms with Gasteiger partial charge in [0.2, 0.25) is 0 Å². The van der Waals surface area contributed by atoms with E-state index in [-0.39, 0.29) is 5.97 Å². The van der Waals surface area contributed by atoms with E-state index in [4.69, 9.17) is 9.84 Å². The Hall–Kier alpha value is -2.91. The van der Waals surface area contributed by atoms with Gasteiger partial charge in [0.15, 0.2) is 0 Å². The number of ether oxygens (including phenoxy) is 1. The van der Waals surface area contributed by atoms with Gasteiger partial charge in [-0.2, -0.15) is 0 Å². The highest BCUT2D eigenvalue weighted by Gasteiger charge is 2.10. The molecule has 3 rings (SSSR count). The molecule has 0 aliphatic heterocycles. The summed E-state index contributed by atoms with van der Waals surface area (Å²) in [6.07, 6.45) is 8.83. The molecule has 0 bridgehead atoms. The maximum atomic E-state index is 12.4. The average Bonchev–Trinajstić information content (AvgIpc) is 2.85. The molecule has 3 heteroatoms. The summed E-state index contributed by atoms with van der Waals surface area (Å²) in [6.45, 7) is 0.775. The van der Waals surface area contributed by atoms with Gasteiger partial charge < -0.3 is 9.84 Å². The van der Waals surface area contributed by atoms with Crippen LogP contribution in [0.1, 0.15) is 61.7 Å². The zero-order chi connectivity index (χ0) is 22.4. The molecule has 0 amide bonds. The smallest absolute Gasteiger partial charge is 0.338 e. The summed E-state index contributed by atoms with van der Waals surface area (Å²) >= 11 is 0. The van der Waals surface area contributed by atoms with E-state index in [1.54, 1.807) is 0 Å². The molecule has 32 heavy (non-hydrogen) atoms. The van der Waals surface area contributed by atoms with Crippen molar-refractivity contribution in [3.8, 4) is 22.3 Å². The highest BCUT2D eigenvalue weighted by molar-refractivity contribution is 5.91. The van der Waals surface area contributed by atoms with E-state index >= 15 is 0 Å². The summed E-state index contributed by atoms with van der Waals surface area (Å²) in [5, 5.41) is 8.77. The SMILES string of the molecule is O=C(OCCCCCCCCCCO)c1ccc(-c2ccccc2-c2ccccc2)cc1. The van der Waals surface area contributed by atoms with Crippen LogP contribution in [0.3, 0.4) is 0 Å². The molecular weight excluding hydrogens is 396 g/mol. The normalized spacial score (nSPS) is 10.8. The molecule has 0 unspecified atom stereocenters. The quantitative estimate of drug-likeness (QED) is 0.229. The van der Waals surface area contributed by atoms with Crippen molar-refractivity contribution in [1.82, 2.24) is 0 Å². The zero-order valence-electron chi connectivity index (χ0n) is 18.8. The lowest BCUT2D eigenvalue weighted by Gasteiger charge is -2.11. The van der Waals surface area contributed by atoms with Gasteiger partial charge in [-0.15, -0.1) is 0 Å². The molecule has 3 nitrogen and oxygen atoms in total. The molecule has 0 saturated heterocycles. The van der Waals surface area contributed by atoms with Crippen molar-refractivity contribution in [3.63, 3.8) is 0 Å². The predicted octanol–water partition coefficient (Wildman–Crippen LogP) is 7.29. The summed E-state index contributed by atoms with van der Waals surface area (Å²) in [4.78, 5) is 12.4. The summed E-state index contributed by atoms with van der Waals surface area (Å²) < 4.78 is 5.46. The van der Waals surface area contributed by atoms with Crippen LogP contribution in [-0.4, -0.2) is 24.3 Å². The lowest BCUT2D eigenvalue weighted by Crippen LogP contribution is -2.06. The maximum absolute atomic E-state index is 12.4. The fourth-order valence-electron chi connectivity index (χ4n) is 3.91. The fourth-order valence-corrected chi connectivity index (χ4v) is 3.91. The van der Waals surface area contributed by atoms with Crippen LogP contribution in [0, 0.1) is 0 Å². The molecule has 0 atom stereocenters. The van der Waals surface area contributed by atoms with Gasteiger partial charge in [0.1, 0.15) is 0 Å². The lowest BCUT2D eigenvalue weighted by atomic mass is 9.94. The van der Waals surface area contributed by atoms with Crippen LogP contribution in [0.25, 0.3) is 22.3 Å². The van der Waals surface area contributed by atoms with E-state index in [1.165, 1.54) is 36.8 Å². The van der Waals surface area contributed by atoms with Crippen LogP contribution in [0.5, 0.6) is 0 Å². The Bertz CT molecular complexity index is 932. The van der Waals surface area contributed by atoms with Crippen LogP contribution >= 0.6 is 0 Å². The lowest BCUT2D eigenvalue weighted by molar-refractivity contribution is 0.0497. The second kappa shape index (κ2) is 13.5. The molecule has 0 heterocycles. The van der Waals surface area contributed by atoms with Crippen LogP contribution in [0.4, 0.5) is 0 Å². The predicted molar refractivity (Wildman–Crippen MR) is 132 cm³/mol. The third-order valence-electron chi connectivity index (χ3n) is 5.73. The van der Waals surface area contributed by atoms with E-state index < -0.39 is 0 Å². The van der Waals surface area contributed by atoms with Crippen molar-refractivity contribution >= 4 is 5.97 Å². The first-order valence-corrected chi connectivity index (χ1v) is 11.8. The molecule has 3 aromatic rings. The van der Waals surface area contributed by atoms with Crippen molar-refractivity contribution in [2.24, 2.45) is 0 Å². The van der Waals surface area contributed by atoms with E-state index in [2.05, 4.69) is 30.3 Å². The first kappa shape index (κ1) is 23.7. The van der Waals surface area contributed by atoms with Crippen molar-refractivity contribution in [1.29, 1.82) is 0 Å². The highest BCUT2D eigenvalue weighted by Crippen LogP contribution is 2.32. The summed E-state index contributed by atoms with van der Waals surface area (Å²) in [5.74, 6) is -0.253. The zero-order valence-corrected chi connectivity index (χ0v) is 18.8. The number of unbranched alkanes of at least 4 members (excludes halogenated alkanes) is 7. The summed E-state index contributed by atoms with van der Waals surface area (Å²) in [5.41, 5.74) is 5.18. The van der Waals surface area contributed by atoms with E-state index in [0.29, 0.717) is 18.8 Å². The Balaban J connectivity index is 1.46. The minimum Gasteiger partial charge on any atom is -0.462 e. The molecule has 0 aromatic heterocycles. The third kappa shape index (κ3) is 7.35. The standard InChI is InChI=1S/C29H34O3/c30-22-12-5-3-1-2-4-6-13-23-32-29(31)26-20-18-25(19-21-26)28-17-11-10-16-27(28)24-14-8-7-9-15-24/h7-11,14-21,30H,1-6,12-13,22-23H2. The number of carbonyl (C=O) groups excluding carboxylic acids is 1. The number of esters is 1. The van der Waals surface area contributed by atoms with Gasteiger partial charge in [0, 0.05) is 6.61 Å². The van der Waals surface area contributed by atoms with Crippen molar-refractivity contribution < 1.29 is 14.6 Å². The number of rotatable bonds is 13. The summed E-state index contributed by atoms with van der Waals surface area (Å²) in [7, 11) is 0.